The maximum atomic E-state index is 11.8. The molecule has 0 saturated heterocycles. The summed E-state index contributed by atoms with van der Waals surface area (Å²) in [5.74, 6) is 4.37. The summed E-state index contributed by atoms with van der Waals surface area (Å²) < 4.78 is 0. The molecule has 0 spiro atoms. The van der Waals surface area contributed by atoms with Gasteiger partial charge in [0, 0.05) is 5.92 Å². The van der Waals surface area contributed by atoms with Gasteiger partial charge >= 0.3 is 0 Å². The van der Waals surface area contributed by atoms with Crippen LogP contribution in [-0.2, 0) is 4.79 Å². The summed E-state index contributed by atoms with van der Waals surface area (Å²) in [6, 6.07) is 0. The van der Waals surface area contributed by atoms with Crippen LogP contribution in [0.4, 0.5) is 0 Å². The van der Waals surface area contributed by atoms with Crippen molar-refractivity contribution >= 4 is 5.91 Å². The number of terminal acetylenes is 1. The van der Waals surface area contributed by atoms with E-state index < -0.39 is 5.54 Å². The van der Waals surface area contributed by atoms with Gasteiger partial charge in [-0.3, -0.25) is 4.79 Å². The lowest BCUT2D eigenvalue weighted by Gasteiger charge is -2.20. The van der Waals surface area contributed by atoms with E-state index in [9.17, 15) is 4.79 Å². The Hall–Kier alpha value is -0.970. The molecule has 2 aliphatic rings. The fourth-order valence-corrected chi connectivity index (χ4v) is 2.64. The van der Waals surface area contributed by atoms with Crippen molar-refractivity contribution in [2.75, 3.05) is 0 Å². The number of hydrogen-bond donors (Lipinski definition) is 1. The van der Waals surface area contributed by atoms with Gasteiger partial charge in [0.1, 0.15) is 0 Å². The Bertz CT molecular complexity index is 290. The molecule has 0 heterocycles. The first-order chi connectivity index (χ1) is 6.55. The van der Waals surface area contributed by atoms with Crippen molar-refractivity contribution in [3.05, 3.63) is 0 Å². The van der Waals surface area contributed by atoms with E-state index in [-0.39, 0.29) is 11.8 Å². The standard InChI is InChI=1S/C12H17NO/c1-4-12(2,3)13-11(14)10-8-6-5-7-9(8)10/h1,8-10H,5-7H2,2-3H3,(H,13,14). The van der Waals surface area contributed by atoms with Crippen molar-refractivity contribution in [1.29, 1.82) is 0 Å². The molecule has 2 aliphatic carbocycles. The van der Waals surface area contributed by atoms with Crippen molar-refractivity contribution in [3.63, 3.8) is 0 Å². The lowest BCUT2D eigenvalue weighted by molar-refractivity contribution is -0.124. The highest BCUT2D eigenvalue weighted by atomic mass is 16.2. The van der Waals surface area contributed by atoms with Gasteiger partial charge in [-0.1, -0.05) is 12.3 Å². The van der Waals surface area contributed by atoms with Gasteiger partial charge in [-0.05, 0) is 38.5 Å². The number of carbonyl (C=O) groups excluding carboxylic acids is 1. The van der Waals surface area contributed by atoms with Crippen molar-refractivity contribution in [3.8, 4) is 12.3 Å². The van der Waals surface area contributed by atoms with Crippen molar-refractivity contribution in [1.82, 2.24) is 5.32 Å². The smallest absolute Gasteiger partial charge is 0.224 e. The maximum absolute atomic E-state index is 11.8. The summed E-state index contributed by atoms with van der Waals surface area (Å²) in [5.41, 5.74) is -0.492. The average molecular weight is 191 g/mol. The molecule has 14 heavy (non-hydrogen) atoms. The molecule has 2 fully saturated rings. The number of rotatable bonds is 2. The molecule has 76 valence electrons. The summed E-state index contributed by atoms with van der Waals surface area (Å²) in [4.78, 5) is 11.8. The summed E-state index contributed by atoms with van der Waals surface area (Å²) in [5, 5.41) is 2.92. The van der Waals surface area contributed by atoms with Crippen LogP contribution in [0.15, 0.2) is 0 Å². The molecule has 2 rings (SSSR count). The van der Waals surface area contributed by atoms with Gasteiger partial charge in [-0.25, -0.2) is 0 Å². The predicted molar refractivity (Wildman–Crippen MR) is 55.4 cm³/mol. The fourth-order valence-electron chi connectivity index (χ4n) is 2.64. The lowest BCUT2D eigenvalue weighted by Crippen LogP contribution is -2.43. The van der Waals surface area contributed by atoms with Gasteiger partial charge in [0.25, 0.3) is 0 Å². The zero-order valence-corrected chi connectivity index (χ0v) is 8.84. The molecule has 2 saturated carbocycles. The molecule has 2 unspecified atom stereocenters. The van der Waals surface area contributed by atoms with E-state index in [0.29, 0.717) is 11.8 Å². The van der Waals surface area contributed by atoms with E-state index in [1.165, 1.54) is 19.3 Å². The third-order valence-electron chi connectivity index (χ3n) is 3.51. The Kier molecular flexibility index (Phi) is 2.06. The first-order valence-electron chi connectivity index (χ1n) is 5.35. The minimum atomic E-state index is -0.492. The van der Waals surface area contributed by atoms with E-state index in [1.807, 2.05) is 13.8 Å². The zero-order chi connectivity index (χ0) is 10.3. The Labute approximate surface area is 85.5 Å². The van der Waals surface area contributed by atoms with Gasteiger partial charge in [-0.2, -0.15) is 0 Å². The van der Waals surface area contributed by atoms with Gasteiger partial charge in [-0.15, -0.1) is 6.42 Å². The number of fused-ring (bicyclic) bond motifs is 1. The molecule has 0 aromatic rings. The monoisotopic (exact) mass is 191 g/mol. The van der Waals surface area contributed by atoms with Crippen molar-refractivity contribution in [2.24, 2.45) is 17.8 Å². The fraction of sp³-hybridized carbons (Fsp3) is 0.750. The number of hydrogen-bond acceptors (Lipinski definition) is 1. The Morgan fingerprint density at radius 3 is 2.50 bits per heavy atom. The van der Waals surface area contributed by atoms with Gasteiger partial charge in [0.15, 0.2) is 0 Å². The molecule has 1 amide bonds. The van der Waals surface area contributed by atoms with Crippen LogP contribution in [0.25, 0.3) is 0 Å². The van der Waals surface area contributed by atoms with E-state index in [1.54, 1.807) is 0 Å². The van der Waals surface area contributed by atoms with Crippen LogP contribution in [0.2, 0.25) is 0 Å². The summed E-state index contributed by atoms with van der Waals surface area (Å²) in [6.45, 7) is 3.73. The number of amides is 1. The largest absolute Gasteiger partial charge is 0.340 e. The molecule has 0 aromatic carbocycles. The second-order valence-electron chi connectivity index (χ2n) is 5.04. The highest BCUT2D eigenvalue weighted by Crippen LogP contribution is 2.57. The van der Waals surface area contributed by atoms with Crippen LogP contribution < -0.4 is 5.32 Å². The quantitative estimate of drug-likeness (QED) is 0.659. The van der Waals surface area contributed by atoms with E-state index in [2.05, 4.69) is 11.2 Å². The van der Waals surface area contributed by atoms with Crippen molar-refractivity contribution in [2.45, 2.75) is 38.6 Å². The Morgan fingerprint density at radius 2 is 2.00 bits per heavy atom. The second-order valence-corrected chi connectivity index (χ2v) is 5.04. The topological polar surface area (TPSA) is 29.1 Å². The van der Waals surface area contributed by atoms with E-state index >= 15 is 0 Å². The predicted octanol–water partition coefficient (Wildman–Crippen LogP) is 1.56. The lowest BCUT2D eigenvalue weighted by atomic mass is 10.1. The van der Waals surface area contributed by atoms with Crippen molar-refractivity contribution < 1.29 is 4.79 Å². The molecule has 1 N–H and O–H groups in total. The SMILES string of the molecule is C#CC(C)(C)NC(=O)C1C2CCCC21. The Balaban J connectivity index is 1.90. The normalized spacial score (nSPS) is 34.5. The molecule has 0 bridgehead atoms. The minimum Gasteiger partial charge on any atom is -0.340 e. The summed E-state index contributed by atoms with van der Waals surface area (Å²) in [7, 11) is 0. The Morgan fingerprint density at radius 1 is 1.43 bits per heavy atom. The van der Waals surface area contributed by atoms with Crippen LogP contribution in [0, 0.1) is 30.1 Å². The van der Waals surface area contributed by atoms with Crippen LogP contribution in [0.3, 0.4) is 0 Å². The van der Waals surface area contributed by atoms with Gasteiger partial charge in [0.2, 0.25) is 5.91 Å². The second kappa shape index (κ2) is 3.02. The molecular formula is C12H17NO. The van der Waals surface area contributed by atoms with E-state index in [0.717, 1.165) is 0 Å². The molecular weight excluding hydrogens is 174 g/mol. The van der Waals surface area contributed by atoms with Crippen LogP contribution >= 0.6 is 0 Å². The van der Waals surface area contributed by atoms with Crippen LogP contribution in [0.5, 0.6) is 0 Å². The number of nitrogens with one attached hydrogen (secondary N) is 1. The van der Waals surface area contributed by atoms with Gasteiger partial charge < -0.3 is 5.32 Å². The zero-order valence-electron chi connectivity index (χ0n) is 8.84. The van der Waals surface area contributed by atoms with Crippen LogP contribution in [0.1, 0.15) is 33.1 Å². The van der Waals surface area contributed by atoms with Gasteiger partial charge in [0.05, 0.1) is 5.54 Å². The number of carbonyl (C=O) groups is 1. The third kappa shape index (κ3) is 1.52. The van der Waals surface area contributed by atoms with E-state index in [4.69, 9.17) is 6.42 Å². The minimum absolute atomic E-state index is 0.169. The maximum Gasteiger partial charge on any atom is 0.224 e. The third-order valence-corrected chi connectivity index (χ3v) is 3.51. The average Bonchev–Trinajstić information content (AvgIpc) is 2.61. The molecule has 2 nitrogen and oxygen atoms in total. The molecule has 0 aromatic heterocycles. The molecule has 2 heteroatoms. The summed E-state index contributed by atoms with van der Waals surface area (Å²) >= 11 is 0. The highest BCUT2D eigenvalue weighted by Gasteiger charge is 2.56. The molecule has 2 atom stereocenters. The first kappa shape index (κ1) is 9.58. The highest BCUT2D eigenvalue weighted by molar-refractivity contribution is 5.83. The first-order valence-corrected chi connectivity index (χ1v) is 5.35. The molecule has 0 aliphatic heterocycles. The summed E-state index contributed by atoms with van der Waals surface area (Å²) in [6.07, 6.45) is 9.10. The van der Waals surface area contributed by atoms with Crippen LogP contribution in [-0.4, -0.2) is 11.4 Å². The molecule has 0 radical (unpaired) electrons.